The first-order valence-corrected chi connectivity index (χ1v) is 6.01. The summed E-state index contributed by atoms with van der Waals surface area (Å²) in [7, 11) is -4.31. The summed E-state index contributed by atoms with van der Waals surface area (Å²) in [6.45, 7) is -0.167. The average molecular weight is 269 g/mol. The van der Waals surface area contributed by atoms with E-state index in [-0.39, 0.29) is 13.0 Å². The van der Waals surface area contributed by atoms with Gasteiger partial charge in [0.15, 0.2) is 0 Å². The summed E-state index contributed by atoms with van der Waals surface area (Å²) in [4.78, 5) is 0. The van der Waals surface area contributed by atoms with Crippen molar-refractivity contribution in [2.24, 2.45) is 0 Å². The molecule has 0 fully saturated rings. The molecule has 0 aliphatic heterocycles. The minimum Gasteiger partial charge on any atom is -0.273 e. The van der Waals surface area contributed by atoms with Crippen molar-refractivity contribution in [1.82, 2.24) is 4.72 Å². The van der Waals surface area contributed by atoms with Crippen LogP contribution in [0.15, 0.2) is 24.3 Å². The Hall–Kier alpha value is -1.12. The maximum Gasteiger partial charge on any atom is 0.416 e. The molecule has 2 N–H and O–H groups in total. The van der Waals surface area contributed by atoms with Crippen LogP contribution in [0.4, 0.5) is 13.2 Å². The fourth-order valence-electron chi connectivity index (χ4n) is 1.23. The van der Waals surface area contributed by atoms with Gasteiger partial charge in [-0.05, 0) is 18.1 Å². The van der Waals surface area contributed by atoms with E-state index in [9.17, 15) is 21.6 Å². The zero-order valence-electron chi connectivity index (χ0n) is 8.53. The molecule has 0 atom stereocenters. The second kappa shape index (κ2) is 5.03. The molecule has 0 spiro atoms. The summed E-state index contributed by atoms with van der Waals surface area (Å²) in [5, 5.41) is 0. The molecule has 0 amide bonds. The summed E-state index contributed by atoms with van der Waals surface area (Å²) in [6.07, 6.45) is -4.36. The van der Waals surface area contributed by atoms with E-state index in [1.165, 1.54) is 12.1 Å². The molecule has 96 valence electrons. The van der Waals surface area contributed by atoms with Crippen LogP contribution in [0.25, 0.3) is 0 Å². The molecule has 1 aromatic carbocycles. The van der Waals surface area contributed by atoms with Crippen LogP contribution >= 0.6 is 0 Å². The maximum absolute atomic E-state index is 12.3. The molecule has 0 bridgehead atoms. The molecule has 17 heavy (non-hydrogen) atoms. The monoisotopic (exact) mass is 269 g/mol. The van der Waals surface area contributed by atoms with Gasteiger partial charge in [-0.1, -0.05) is 18.2 Å². The molecule has 0 radical (unpaired) electrons. The van der Waals surface area contributed by atoms with E-state index < -0.39 is 22.0 Å². The van der Waals surface area contributed by atoms with E-state index in [0.29, 0.717) is 5.56 Å². The predicted molar refractivity (Wildman–Crippen MR) is 54.7 cm³/mol. The van der Waals surface area contributed by atoms with Crippen LogP contribution in [-0.2, 0) is 22.9 Å². The number of alkyl halides is 3. The molecule has 0 aliphatic carbocycles. The lowest BCUT2D eigenvalue weighted by Gasteiger charge is -2.08. The van der Waals surface area contributed by atoms with Crippen LogP contribution in [-0.4, -0.2) is 19.5 Å². The van der Waals surface area contributed by atoms with Gasteiger partial charge in [-0.2, -0.15) is 26.3 Å². The summed E-state index contributed by atoms with van der Waals surface area (Å²) < 4.78 is 67.7. The van der Waals surface area contributed by atoms with Gasteiger partial charge in [0, 0.05) is 6.54 Å². The summed E-state index contributed by atoms with van der Waals surface area (Å²) in [5.74, 6) is 0. The van der Waals surface area contributed by atoms with Gasteiger partial charge in [-0.15, -0.1) is 0 Å². The van der Waals surface area contributed by atoms with Crippen molar-refractivity contribution in [3.63, 3.8) is 0 Å². The van der Waals surface area contributed by atoms with Crippen molar-refractivity contribution in [3.05, 3.63) is 35.4 Å². The second-order valence-electron chi connectivity index (χ2n) is 3.32. The molecule has 8 heteroatoms. The van der Waals surface area contributed by atoms with Crippen LogP contribution in [0, 0.1) is 0 Å². The topological polar surface area (TPSA) is 66.4 Å². The lowest BCUT2D eigenvalue weighted by Crippen LogP contribution is -2.24. The standard InChI is InChI=1S/C9H10F3NO3S/c10-9(11,12)8-3-1-2-7(6-8)4-5-13-17(14,15)16/h1-3,6,13H,4-5H2,(H,14,15,16). The number of halogens is 3. The molecule has 4 nitrogen and oxygen atoms in total. The minimum absolute atomic E-state index is 0.0592. The van der Waals surface area contributed by atoms with E-state index in [1.54, 1.807) is 4.72 Å². The Morgan fingerprint density at radius 3 is 2.47 bits per heavy atom. The minimum atomic E-state index is -4.42. The van der Waals surface area contributed by atoms with Crippen molar-refractivity contribution in [1.29, 1.82) is 0 Å². The second-order valence-corrected chi connectivity index (χ2v) is 4.56. The fraction of sp³-hybridized carbons (Fsp3) is 0.333. The highest BCUT2D eigenvalue weighted by molar-refractivity contribution is 7.83. The molecule has 0 saturated heterocycles. The molecular weight excluding hydrogens is 259 g/mol. The Balaban J connectivity index is 2.67. The van der Waals surface area contributed by atoms with Crippen molar-refractivity contribution in [3.8, 4) is 0 Å². The smallest absolute Gasteiger partial charge is 0.273 e. The molecule has 0 unspecified atom stereocenters. The first-order valence-electron chi connectivity index (χ1n) is 4.57. The van der Waals surface area contributed by atoms with E-state index in [1.807, 2.05) is 0 Å². The van der Waals surface area contributed by atoms with E-state index in [0.717, 1.165) is 12.1 Å². The van der Waals surface area contributed by atoms with Crippen molar-refractivity contribution in [2.75, 3.05) is 6.54 Å². The third-order valence-corrected chi connectivity index (χ3v) is 2.52. The maximum atomic E-state index is 12.3. The van der Waals surface area contributed by atoms with Gasteiger partial charge in [-0.25, -0.2) is 0 Å². The first kappa shape index (κ1) is 13.9. The lowest BCUT2D eigenvalue weighted by molar-refractivity contribution is -0.137. The molecule has 0 aromatic heterocycles. The van der Waals surface area contributed by atoms with E-state index in [4.69, 9.17) is 4.55 Å². The highest BCUT2D eigenvalue weighted by atomic mass is 32.2. The highest BCUT2D eigenvalue weighted by Crippen LogP contribution is 2.29. The Kier molecular flexibility index (Phi) is 4.12. The van der Waals surface area contributed by atoms with Crippen LogP contribution in [0.2, 0.25) is 0 Å². The fourth-order valence-corrected chi connectivity index (χ4v) is 1.59. The Bertz CT molecular complexity index is 485. The van der Waals surface area contributed by atoms with Crippen molar-refractivity contribution >= 4 is 10.3 Å². The third-order valence-electron chi connectivity index (χ3n) is 1.95. The largest absolute Gasteiger partial charge is 0.416 e. The van der Waals surface area contributed by atoms with Gasteiger partial charge in [-0.3, -0.25) is 4.55 Å². The quantitative estimate of drug-likeness (QED) is 0.817. The Morgan fingerprint density at radius 1 is 1.29 bits per heavy atom. The Morgan fingerprint density at radius 2 is 1.94 bits per heavy atom. The van der Waals surface area contributed by atoms with Gasteiger partial charge < -0.3 is 0 Å². The highest BCUT2D eigenvalue weighted by Gasteiger charge is 2.30. The van der Waals surface area contributed by atoms with Gasteiger partial charge >= 0.3 is 16.5 Å². The number of nitrogens with one attached hydrogen (secondary N) is 1. The summed E-state index contributed by atoms with van der Waals surface area (Å²) in [5.41, 5.74) is -0.460. The first-order chi connectivity index (χ1) is 7.68. The molecule has 1 rings (SSSR count). The lowest BCUT2D eigenvalue weighted by atomic mass is 10.1. The van der Waals surface area contributed by atoms with Crippen LogP contribution in [0.3, 0.4) is 0 Å². The van der Waals surface area contributed by atoms with Gasteiger partial charge in [0.25, 0.3) is 0 Å². The third kappa shape index (κ3) is 5.16. The Labute approximate surface area is 96.3 Å². The van der Waals surface area contributed by atoms with E-state index in [2.05, 4.69) is 0 Å². The SMILES string of the molecule is O=S(=O)(O)NCCc1cccc(C(F)(F)F)c1. The summed E-state index contributed by atoms with van der Waals surface area (Å²) >= 11 is 0. The van der Waals surface area contributed by atoms with Gasteiger partial charge in [0.1, 0.15) is 0 Å². The molecule has 0 saturated carbocycles. The predicted octanol–water partition coefficient (Wildman–Crippen LogP) is 1.64. The normalized spacial score (nSPS) is 12.7. The van der Waals surface area contributed by atoms with Crippen molar-refractivity contribution < 1.29 is 26.1 Å². The number of hydrogen-bond acceptors (Lipinski definition) is 2. The van der Waals surface area contributed by atoms with Crippen LogP contribution in [0.1, 0.15) is 11.1 Å². The van der Waals surface area contributed by atoms with Gasteiger partial charge in [0.2, 0.25) is 0 Å². The zero-order valence-corrected chi connectivity index (χ0v) is 9.35. The number of hydrogen-bond donors (Lipinski definition) is 2. The van der Waals surface area contributed by atoms with Gasteiger partial charge in [0.05, 0.1) is 5.56 Å². The van der Waals surface area contributed by atoms with Crippen LogP contribution in [0.5, 0.6) is 0 Å². The number of rotatable bonds is 4. The number of benzene rings is 1. The zero-order chi connectivity index (χ0) is 13.1. The average Bonchev–Trinajstić information content (AvgIpc) is 2.15. The molecular formula is C9H10F3NO3S. The van der Waals surface area contributed by atoms with E-state index >= 15 is 0 Å². The van der Waals surface area contributed by atoms with Crippen LogP contribution < -0.4 is 4.72 Å². The van der Waals surface area contributed by atoms with Crippen molar-refractivity contribution in [2.45, 2.75) is 12.6 Å². The summed E-state index contributed by atoms with van der Waals surface area (Å²) in [6, 6.07) is 4.55. The molecule has 0 heterocycles. The molecule has 0 aliphatic rings. The molecule has 1 aromatic rings.